The van der Waals surface area contributed by atoms with Crippen LogP contribution in [0.15, 0.2) is 24.3 Å². The number of phenols is 1. The number of carbonyl (C=O) groups excluding carboxylic acids is 1. The quantitative estimate of drug-likeness (QED) is 0.657. The molecule has 0 radical (unpaired) electrons. The SMILES string of the molecule is CNCCCC(=O)NC(C)c1cccc(O)c1. The van der Waals surface area contributed by atoms with Crippen molar-refractivity contribution in [1.82, 2.24) is 10.6 Å². The van der Waals surface area contributed by atoms with Crippen molar-refractivity contribution >= 4 is 5.91 Å². The summed E-state index contributed by atoms with van der Waals surface area (Å²) in [5.41, 5.74) is 0.909. The monoisotopic (exact) mass is 236 g/mol. The topological polar surface area (TPSA) is 61.4 Å². The van der Waals surface area contributed by atoms with Gasteiger partial charge in [0.1, 0.15) is 5.75 Å². The van der Waals surface area contributed by atoms with Crippen LogP contribution in [-0.2, 0) is 4.79 Å². The van der Waals surface area contributed by atoms with Crippen LogP contribution in [0.4, 0.5) is 0 Å². The van der Waals surface area contributed by atoms with Crippen molar-refractivity contribution in [3.05, 3.63) is 29.8 Å². The average Bonchev–Trinajstić information content (AvgIpc) is 2.29. The van der Waals surface area contributed by atoms with Crippen LogP contribution in [0.1, 0.15) is 31.4 Å². The van der Waals surface area contributed by atoms with E-state index in [4.69, 9.17) is 0 Å². The van der Waals surface area contributed by atoms with Crippen LogP contribution in [-0.4, -0.2) is 24.6 Å². The molecule has 0 spiro atoms. The van der Waals surface area contributed by atoms with Gasteiger partial charge in [-0.25, -0.2) is 0 Å². The highest BCUT2D eigenvalue weighted by molar-refractivity contribution is 5.76. The standard InChI is InChI=1S/C13H20N2O2/c1-10(11-5-3-6-12(16)9-11)15-13(17)7-4-8-14-2/h3,5-6,9-10,14,16H,4,7-8H2,1-2H3,(H,15,17). The molecule has 0 bridgehead atoms. The zero-order valence-electron chi connectivity index (χ0n) is 10.4. The van der Waals surface area contributed by atoms with Crippen LogP contribution in [0.5, 0.6) is 5.75 Å². The minimum Gasteiger partial charge on any atom is -0.508 e. The minimum atomic E-state index is -0.0795. The van der Waals surface area contributed by atoms with Crippen molar-refractivity contribution in [2.24, 2.45) is 0 Å². The van der Waals surface area contributed by atoms with E-state index in [-0.39, 0.29) is 17.7 Å². The van der Waals surface area contributed by atoms with Gasteiger partial charge in [-0.2, -0.15) is 0 Å². The summed E-state index contributed by atoms with van der Waals surface area (Å²) in [6.07, 6.45) is 1.35. The summed E-state index contributed by atoms with van der Waals surface area (Å²) in [6, 6.07) is 6.86. The van der Waals surface area contributed by atoms with Crippen LogP contribution >= 0.6 is 0 Å². The Bertz CT molecular complexity index is 366. The maximum atomic E-state index is 11.6. The molecule has 1 aromatic rings. The highest BCUT2D eigenvalue weighted by Gasteiger charge is 2.09. The normalized spacial score (nSPS) is 12.1. The summed E-state index contributed by atoms with van der Waals surface area (Å²) >= 11 is 0. The first-order valence-corrected chi connectivity index (χ1v) is 5.86. The van der Waals surface area contributed by atoms with Crippen LogP contribution in [0, 0.1) is 0 Å². The third-order valence-electron chi connectivity index (χ3n) is 2.58. The van der Waals surface area contributed by atoms with Gasteiger partial charge < -0.3 is 15.7 Å². The summed E-state index contributed by atoms with van der Waals surface area (Å²) in [5, 5.41) is 15.3. The predicted octanol–water partition coefficient (Wildman–Crippen LogP) is 1.57. The molecule has 1 rings (SSSR count). The number of amides is 1. The first-order chi connectivity index (χ1) is 8.13. The number of hydrogen-bond donors (Lipinski definition) is 3. The Hall–Kier alpha value is -1.55. The molecule has 1 aromatic carbocycles. The maximum Gasteiger partial charge on any atom is 0.220 e. The Morgan fingerprint density at radius 2 is 2.24 bits per heavy atom. The lowest BCUT2D eigenvalue weighted by Crippen LogP contribution is -2.27. The number of rotatable bonds is 6. The second-order valence-corrected chi connectivity index (χ2v) is 4.09. The number of benzene rings is 1. The van der Waals surface area contributed by atoms with Gasteiger partial charge in [0.05, 0.1) is 6.04 Å². The van der Waals surface area contributed by atoms with Gasteiger partial charge in [-0.15, -0.1) is 0 Å². The molecule has 0 aliphatic heterocycles. The number of phenolic OH excluding ortho intramolecular Hbond substituents is 1. The fraction of sp³-hybridized carbons (Fsp3) is 0.462. The van der Waals surface area contributed by atoms with Crippen molar-refractivity contribution in [2.45, 2.75) is 25.8 Å². The lowest BCUT2D eigenvalue weighted by molar-refractivity contribution is -0.121. The molecule has 0 aromatic heterocycles. The molecule has 0 aliphatic carbocycles. The first-order valence-electron chi connectivity index (χ1n) is 5.86. The van der Waals surface area contributed by atoms with Gasteiger partial charge in [0.15, 0.2) is 0 Å². The van der Waals surface area contributed by atoms with Gasteiger partial charge in [-0.1, -0.05) is 12.1 Å². The minimum absolute atomic E-state index is 0.0380. The smallest absolute Gasteiger partial charge is 0.220 e. The Morgan fingerprint density at radius 1 is 1.47 bits per heavy atom. The molecule has 0 saturated carbocycles. The summed E-state index contributed by atoms with van der Waals surface area (Å²) in [4.78, 5) is 11.6. The molecule has 4 nitrogen and oxygen atoms in total. The summed E-state index contributed by atoms with van der Waals surface area (Å²) in [5.74, 6) is 0.259. The van der Waals surface area contributed by atoms with E-state index in [1.54, 1.807) is 18.2 Å². The first kappa shape index (κ1) is 13.5. The zero-order chi connectivity index (χ0) is 12.7. The Labute approximate surface area is 102 Å². The van der Waals surface area contributed by atoms with Crippen molar-refractivity contribution in [3.63, 3.8) is 0 Å². The Morgan fingerprint density at radius 3 is 2.88 bits per heavy atom. The van der Waals surface area contributed by atoms with Crippen LogP contribution < -0.4 is 10.6 Å². The molecular weight excluding hydrogens is 216 g/mol. The molecule has 3 N–H and O–H groups in total. The van der Waals surface area contributed by atoms with Crippen molar-refractivity contribution in [1.29, 1.82) is 0 Å². The number of hydrogen-bond acceptors (Lipinski definition) is 3. The third-order valence-corrected chi connectivity index (χ3v) is 2.58. The van der Waals surface area contributed by atoms with Crippen molar-refractivity contribution in [3.8, 4) is 5.75 Å². The van der Waals surface area contributed by atoms with Gasteiger partial charge in [-0.3, -0.25) is 4.79 Å². The Kier molecular flexibility index (Phi) is 5.49. The van der Waals surface area contributed by atoms with E-state index < -0.39 is 0 Å². The van der Waals surface area contributed by atoms with E-state index in [1.807, 2.05) is 20.0 Å². The van der Waals surface area contributed by atoms with Gasteiger partial charge in [0.2, 0.25) is 5.91 Å². The number of nitrogens with one attached hydrogen (secondary N) is 2. The molecule has 0 fully saturated rings. The fourth-order valence-corrected chi connectivity index (χ4v) is 1.62. The molecule has 1 atom stereocenters. The predicted molar refractivity (Wildman–Crippen MR) is 67.8 cm³/mol. The van der Waals surface area contributed by atoms with Gasteiger partial charge in [-0.05, 0) is 44.6 Å². The lowest BCUT2D eigenvalue weighted by atomic mass is 10.1. The van der Waals surface area contributed by atoms with Crippen LogP contribution in [0.25, 0.3) is 0 Å². The van der Waals surface area contributed by atoms with Crippen LogP contribution in [0.2, 0.25) is 0 Å². The van der Waals surface area contributed by atoms with E-state index in [0.29, 0.717) is 6.42 Å². The maximum absolute atomic E-state index is 11.6. The molecule has 0 saturated heterocycles. The summed E-state index contributed by atoms with van der Waals surface area (Å²) in [7, 11) is 1.87. The molecule has 17 heavy (non-hydrogen) atoms. The van der Waals surface area contributed by atoms with E-state index in [0.717, 1.165) is 18.5 Å². The highest BCUT2D eigenvalue weighted by Crippen LogP contribution is 2.17. The molecule has 1 unspecified atom stereocenters. The molecular formula is C13H20N2O2. The van der Waals surface area contributed by atoms with E-state index in [2.05, 4.69) is 10.6 Å². The number of carbonyl (C=O) groups is 1. The lowest BCUT2D eigenvalue weighted by Gasteiger charge is -2.14. The van der Waals surface area contributed by atoms with E-state index in [1.165, 1.54) is 0 Å². The average molecular weight is 236 g/mol. The molecule has 1 amide bonds. The van der Waals surface area contributed by atoms with Gasteiger partial charge in [0, 0.05) is 6.42 Å². The Balaban J connectivity index is 2.43. The largest absolute Gasteiger partial charge is 0.508 e. The summed E-state index contributed by atoms with van der Waals surface area (Å²) < 4.78 is 0. The highest BCUT2D eigenvalue weighted by atomic mass is 16.3. The van der Waals surface area contributed by atoms with Crippen molar-refractivity contribution in [2.75, 3.05) is 13.6 Å². The van der Waals surface area contributed by atoms with E-state index in [9.17, 15) is 9.90 Å². The van der Waals surface area contributed by atoms with Gasteiger partial charge >= 0.3 is 0 Å². The van der Waals surface area contributed by atoms with Crippen LogP contribution in [0.3, 0.4) is 0 Å². The second-order valence-electron chi connectivity index (χ2n) is 4.09. The molecule has 4 heteroatoms. The van der Waals surface area contributed by atoms with E-state index >= 15 is 0 Å². The second kappa shape index (κ2) is 6.91. The number of aromatic hydroxyl groups is 1. The van der Waals surface area contributed by atoms with Gasteiger partial charge in [0.25, 0.3) is 0 Å². The third kappa shape index (κ3) is 4.87. The molecule has 94 valence electrons. The van der Waals surface area contributed by atoms with Crippen molar-refractivity contribution < 1.29 is 9.90 Å². The summed E-state index contributed by atoms with van der Waals surface area (Å²) in [6.45, 7) is 2.75. The molecule has 0 heterocycles. The molecule has 0 aliphatic rings. The fourth-order valence-electron chi connectivity index (χ4n) is 1.62. The zero-order valence-corrected chi connectivity index (χ0v) is 10.4.